The van der Waals surface area contributed by atoms with Gasteiger partial charge in [-0.15, -0.1) is 0 Å². The third kappa shape index (κ3) is 9.09. The monoisotopic (exact) mass is 468 g/mol. The minimum Gasteiger partial charge on any atom is -0.252 e. The van der Waals surface area contributed by atoms with Crippen molar-refractivity contribution < 1.29 is 20.4 Å². The number of hydrogen-bond acceptors (Lipinski definition) is 2. The largest absolute Gasteiger partial charge is 0.252 e. The molecular formula is C25H34N2Pd. The average Bonchev–Trinajstić information content (AvgIpc) is 2.63. The van der Waals surface area contributed by atoms with Gasteiger partial charge in [0.15, 0.2) is 0 Å². The van der Waals surface area contributed by atoms with Crippen molar-refractivity contribution in [3.05, 3.63) is 59.7 Å². The van der Waals surface area contributed by atoms with E-state index in [-0.39, 0.29) is 20.4 Å². The second-order valence-corrected chi connectivity index (χ2v) is 7.45. The Morgan fingerprint density at radius 1 is 0.750 bits per heavy atom. The van der Waals surface area contributed by atoms with Crippen molar-refractivity contribution in [3.8, 4) is 0 Å². The van der Waals surface area contributed by atoms with Crippen molar-refractivity contribution >= 4 is 22.8 Å². The van der Waals surface area contributed by atoms with Crippen molar-refractivity contribution in [1.29, 1.82) is 0 Å². The summed E-state index contributed by atoms with van der Waals surface area (Å²) in [7, 11) is 0. The van der Waals surface area contributed by atoms with E-state index in [0.717, 1.165) is 29.2 Å². The molecule has 154 valence electrons. The molecule has 2 rings (SSSR count). The standard InChI is InChI=1S/C25H34N2.Pd/c1-5-6-7-8-9-13-16-25(22(4)26-23-14-11-10-12-15-23)27-24-18-20(2)17-21(3)19-24;/h10-12,14-15,17-19H,5-9,13,16H2,1-4H3;/b26-22+,27-25+;. The van der Waals surface area contributed by atoms with Crippen molar-refractivity contribution in [1.82, 2.24) is 0 Å². The number of aryl methyl sites for hydroxylation is 2. The Kier molecular flexibility index (Phi) is 11.9. The first-order valence-corrected chi connectivity index (χ1v) is 10.3. The summed E-state index contributed by atoms with van der Waals surface area (Å²) in [6.07, 6.45) is 8.73. The van der Waals surface area contributed by atoms with Crippen LogP contribution in [0.25, 0.3) is 0 Å². The topological polar surface area (TPSA) is 24.7 Å². The minimum atomic E-state index is 0. The molecule has 3 heteroatoms. The van der Waals surface area contributed by atoms with E-state index >= 15 is 0 Å². The maximum Gasteiger partial charge on any atom is 0.0639 e. The van der Waals surface area contributed by atoms with Crippen molar-refractivity contribution in [2.24, 2.45) is 9.98 Å². The Morgan fingerprint density at radius 2 is 1.36 bits per heavy atom. The maximum atomic E-state index is 5.00. The molecule has 0 aliphatic carbocycles. The first-order chi connectivity index (χ1) is 13.1. The van der Waals surface area contributed by atoms with Crippen LogP contribution in [0.2, 0.25) is 0 Å². The van der Waals surface area contributed by atoms with Crippen LogP contribution in [0.3, 0.4) is 0 Å². The molecule has 0 aromatic heterocycles. The molecule has 0 atom stereocenters. The zero-order chi connectivity index (χ0) is 19.5. The molecule has 0 bridgehead atoms. The number of para-hydroxylation sites is 1. The van der Waals surface area contributed by atoms with Gasteiger partial charge in [-0.2, -0.15) is 0 Å². The molecule has 0 radical (unpaired) electrons. The second kappa shape index (κ2) is 13.6. The van der Waals surface area contributed by atoms with Gasteiger partial charge in [-0.05, 0) is 69.0 Å². The van der Waals surface area contributed by atoms with Crippen LogP contribution in [-0.2, 0) is 20.4 Å². The van der Waals surface area contributed by atoms with Gasteiger partial charge in [-0.3, -0.25) is 9.98 Å². The molecule has 0 unspecified atom stereocenters. The van der Waals surface area contributed by atoms with E-state index in [4.69, 9.17) is 9.98 Å². The van der Waals surface area contributed by atoms with E-state index in [0.29, 0.717) is 0 Å². The zero-order valence-corrected chi connectivity index (χ0v) is 19.3. The van der Waals surface area contributed by atoms with E-state index < -0.39 is 0 Å². The Morgan fingerprint density at radius 3 is 2.00 bits per heavy atom. The quantitative estimate of drug-likeness (QED) is 0.192. The van der Waals surface area contributed by atoms with Gasteiger partial charge in [0, 0.05) is 20.4 Å². The van der Waals surface area contributed by atoms with Crippen molar-refractivity contribution in [2.45, 2.75) is 72.6 Å². The van der Waals surface area contributed by atoms with Gasteiger partial charge < -0.3 is 0 Å². The van der Waals surface area contributed by atoms with Gasteiger partial charge >= 0.3 is 0 Å². The van der Waals surface area contributed by atoms with Gasteiger partial charge in [-0.1, -0.05) is 63.3 Å². The molecule has 2 nitrogen and oxygen atoms in total. The van der Waals surface area contributed by atoms with E-state index in [1.807, 2.05) is 30.3 Å². The summed E-state index contributed by atoms with van der Waals surface area (Å²) in [5.74, 6) is 0. The van der Waals surface area contributed by atoms with Gasteiger partial charge in [0.1, 0.15) is 0 Å². The summed E-state index contributed by atoms with van der Waals surface area (Å²) < 4.78 is 0. The Balaban J connectivity index is 0.00000392. The summed E-state index contributed by atoms with van der Waals surface area (Å²) in [4.78, 5) is 9.81. The third-order valence-corrected chi connectivity index (χ3v) is 4.71. The van der Waals surface area contributed by atoms with Crippen LogP contribution in [0.4, 0.5) is 11.4 Å². The number of hydrogen-bond donors (Lipinski definition) is 0. The first kappa shape index (κ1) is 24.5. The minimum absolute atomic E-state index is 0. The van der Waals surface area contributed by atoms with Crippen LogP contribution in [0.1, 0.15) is 69.9 Å². The molecule has 2 aromatic carbocycles. The zero-order valence-electron chi connectivity index (χ0n) is 17.8. The normalized spacial score (nSPS) is 12.0. The molecule has 0 heterocycles. The number of nitrogens with zero attached hydrogens (tertiary/aromatic N) is 2. The summed E-state index contributed by atoms with van der Waals surface area (Å²) in [5, 5.41) is 0. The third-order valence-electron chi connectivity index (χ3n) is 4.71. The number of benzene rings is 2. The van der Waals surface area contributed by atoms with E-state index in [1.54, 1.807) is 0 Å². The summed E-state index contributed by atoms with van der Waals surface area (Å²) in [5.41, 5.74) is 6.67. The molecule has 2 aromatic rings. The van der Waals surface area contributed by atoms with Gasteiger partial charge in [0.2, 0.25) is 0 Å². The van der Waals surface area contributed by atoms with Crippen LogP contribution in [0.5, 0.6) is 0 Å². The van der Waals surface area contributed by atoms with E-state index in [2.05, 4.69) is 45.9 Å². The van der Waals surface area contributed by atoms with Crippen molar-refractivity contribution in [2.75, 3.05) is 0 Å². The van der Waals surface area contributed by atoms with Crippen LogP contribution in [0.15, 0.2) is 58.5 Å². The summed E-state index contributed by atoms with van der Waals surface area (Å²) in [6.45, 7) is 8.61. The molecule has 0 aliphatic rings. The molecule has 0 amide bonds. The van der Waals surface area contributed by atoms with Crippen LogP contribution < -0.4 is 0 Å². The predicted octanol–water partition coefficient (Wildman–Crippen LogP) is 7.92. The molecule has 0 fully saturated rings. The Hall–Kier alpha value is -1.56. The van der Waals surface area contributed by atoms with E-state index in [9.17, 15) is 0 Å². The molecule has 0 spiro atoms. The van der Waals surface area contributed by atoms with Gasteiger partial charge in [0.05, 0.1) is 22.8 Å². The van der Waals surface area contributed by atoms with E-state index in [1.165, 1.54) is 49.7 Å². The smallest absolute Gasteiger partial charge is 0.0639 e. The average molecular weight is 469 g/mol. The summed E-state index contributed by atoms with van der Waals surface area (Å²) >= 11 is 0. The van der Waals surface area contributed by atoms with Crippen LogP contribution >= 0.6 is 0 Å². The van der Waals surface area contributed by atoms with Crippen LogP contribution in [-0.4, -0.2) is 11.4 Å². The maximum absolute atomic E-state index is 5.00. The molecular weight excluding hydrogens is 435 g/mol. The Bertz CT molecular complexity index is 743. The number of unbranched alkanes of at least 4 members (excludes halogenated alkanes) is 5. The number of rotatable bonds is 10. The molecule has 28 heavy (non-hydrogen) atoms. The van der Waals surface area contributed by atoms with Gasteiger partial charge in [0.25, 0.3) is 0 Å². The molecule has 0 saturated carbocycles. The fourth-order valence-corrected chi connectivity index (χ4v) is 3.32. The van der Waals surface area contributed by atoms with Gasteiger partial charge in [-0.25, -0.2) is 0 Å². The predicted molar refractivity (Wildman–Crippen MR) is 120 cm³/mol. The Labute approximate surface area is 185 Å². The van der Waals surface area contributed by atoms with Crippen molar-refractivity contribution in [3.63, 3.8) is 0 Å². The molecule has 0 aliphatic heterocycles. The fourth-order valence-electron chi connectivity index (χ4n) is 3.32. The fraction of sp³-hybridized carbons (Fsp3) is 0.440. The first-order valence-electron chi connectivity index (χ1n) is 10.3. The molecule has 0 N–H and O–H groups in total. The SMILES string of the molecule is CCCCCCCCC(=N\c1cc(C)cc(C)c1)/C(C)=N/c1ccccc1.[Pd]. The number of aliphatic imine (C=N–C) groups is 2. The molecule has 0 saturated heterocycles. The van der Waals surface area contributed by atoms with Crippen LogP contribution in [0, 0.1) is 13.8 Å². The second-order valence-electron chi connectivity index (χ2n) is 7.45. The summed E-state index contributed by atoms with van der Waals surface area (Å²) in [6, 6.07) is 16.7.